The van der Waals surface area contributed by atoms with Crippen molar-refractivity contribution in [3.63, 3.8) is 0 Å². The standard InChI is InChI=1S/C12H17NO.ClH/c1-9-3-5-11(6-4-9)12(14)7-8-13-10(12)2;/h3-6,10,13-14H,7-8H2,1-2H3;1H. The van der Waals surface area contributed by atoms with Gasteiger partial charge in [-0.15, -0.1) is 12.4 Å². The van der Waals surface area contributed by atoms with E-state index >= 15 is 0 Å². The Balaban J connectivity index is 0.00000112. The molecular formula is C12H18ClNO. The van der Waals surface area contributed by atoms with Crippen molar-refractivity contribution in [3.05, 3.63) is 35.4 Å². The Kier molecular flexibility index (Phi) is 3.77. The number of benzene rings is 1. The number of hydrogen-bond acceptors (Lipinski definition) is 2. The molecule has 0 aromatic heterocycles. The highest BCUT2D eigenvalue weighted by Crippen LogP contribution is 2.32. The molecule has 1 heterocycles. The first-order chi connectivity index (χ1) is 6.63. The van der Waals surface area contributed by atoms with Gasteiger partial charge in [-0.1, -0.05) is 29.8 Å². The molecule has 1 aliphatic rings. The van der Waals surface area contributed by atoms with Crippen LogP contribution in [0, 0.1) is 6.92 Å². The van der Waals surface area contributed by atoms with Gasteiger partial charge in [0.05, 0.1) is 0 Å². The zero-order valence-corrected chi connectivity index (χ0v) is 9.97. The van der Waals surface area contributed by atoms with E-state index < -0.39 is 5.60 Å². The first kappa shape index (κ1) is 12.5. The van der Waals surface area contributed by atoms with Gasteiger partial charge in [0, 0.05) is 6.04 Å². The molecule has 1 fully saturated rings. The molecular weight excluding hydrogens is 210 g/mol. The molecule has 0 saturated carbocycles. The molecule has 1 aromatic carbocycles. The number of rotatable bonds is 1. The highest BCUT2D eigenvalue weighted by Gasteiger charge is 2.39. The Morgan fingerprint density at radius 3 is 2.40 bits per heavy atom. The average Bonchev–Trinajstić information content (AvgIpc) is 2.49. The SMILES string of the molecule is Cc1ccc(C2(O)CCNC2C)cc1.Cl. The maximum absolute atomic E-state index is 10.5. The molecule has 15 heavy (non-hydrogen) atoms. The number of nitrogens with one attached hydrogen (secondary N) is 1. The van der Waals surface area contributed by atoms with Gasteiger partial charge in [0.2, 0.25) is 0 Å². The molecule has 3 heteroatoms. The summed E-state index contributed by atoms with van der Waals surface area (Å²) in [6.07, 6.45) is 0.803. The van der Waals surface area contributed by atoms with E-state index in [1.54, 1.807) is 0 Å². The smallest absolute Gasteiger partial charge is 0.106 e. The van der Waals surface area contributed by atoms with Crippen LogP contribution in [0.3, 0.4) is 0 Å². The normalized spacial score (nSPS) is 29.9. The fourth-order valence-electron chi connectivity index (χ4n) is 2.10. The molecule has 2 nitrogen and oxygen atoms in total. The molecule has 0 amide bonds. The molecule has 0 aliphatic carbocycles. The minimum atomic E-state index is -0.673. The van der Waals surface area contributed by atoms with Gasteiger partial charge < -0.3 is 10.4 Å². The fraction of sp³-hybridized carbons (Fsp3) is 0.500. The van der Waals surface area contributed by atoms with Gasteiger partial charge in [-0.05, 0) is 32.4 Å². The van der Waals surface area contributed by atoms with Crippen molar-refractivity contribution in [1.82, 2.24) is 5.32 Å². The van der Waals surface area contributed by atoms with Crippen LogP contribution in [-0.2, 0) is 5.60 Å². The molecule has 2 N–H and O–H groups in total. The van der Waals surface area contributed by atoms with Crippen LogP contribution in [0.5, 0.6) is 0 Å². The van der Waals surface area contributed by atoms with E-state index in [0.29, 0.717) is 0 Å². The van der Waals surface area contributed by atoms with E-state index in [2.05, 4.69) is 24.4 Å². The third-order valence-electron chi connectivity index (χ3n) is 3.22. The Hall–Kier alpha value is -0.570. The number of hydrogen-bond donors (Lipinski definition) is 2. The van der Waals surface area contributed by atoms with Gasteiger partial charge in [0.15, 0.2) is 0 Å². The van der Waals surface area contributed by atoms with Crippen LogP contribution in [0.25, 0.3) is 0 Å². The highest BCUT2D eigenvalue weighted by molar-refractivity contribution is 5.85. The molecule has 0 spiro atoms. The average molecular weight is 228 g/mol. The summed E-state index contributed by atoms with van der Waals surface area (Å²) in [5.41, 5.74) is 1.59. The van der Waals surface area contributed by atoms with Gasteiger partial charge in [0.25, 0.3) is 0 Å². The first-order valence-electron chi connectivity index (χ1n) is 5.16. The molecule has 0 radical (unpaired) electrons. The van der Waals surface area contributed by atoms with Crippen molar-refractivity contribution in [1.29, 1.82) is 0 Å². The molecule has 0 bridgehead atoms. The van der Waals surface area contributed by atoms with Crippen LogP contribution >= 0.6 is 12.4 Å². The number of aryl methyl sites for hydroxylation is 1. The lowest BCUT2D eigenvalue weighted by atomic mass is 9.87. The molecule has 2 unspecified atom stereocenters. The largest absolute Gasteiger partial charge is 0.383 e. The van der Waals surface area contributed by atoms with Crippen molar-refractivity contribution < 1.29 is 5.11 Å². The topological polar surface area (TPSA) is 32.3 Å². The molecule has 2 atom stereocenters. The zero-order chi connectivity index (χ0) is 10.2. The van der Waals surface area contributed by atoms with E-state index in [1.165, 1.54) is 5.56 Å². The van der Waals surface area contributed by atoms with Crippen LogP contribution in [0.15, 0.2) is 24.3 Å². The predicted octanol–water partition coefficient (Wildman–Crippen LogP) is 1.99. The molecule has 84 valence electrons. The Labute approximate surface area is 97.1 Å². The predicted molar refractivity (Wildman–Crippen MR) is 64.4 cm³/mol. The lowest BCUT2D eigenvalue weighted by molar-refractivity contribution is 0.0293. The summed E-state index contributed by atoms with van der Waals surface area (Å²) in [6.45, 7) is 4.99. The minimum absolute atomic E-state index is 0. The second-order valence-corrected chi connectivity index (χ2v) is 4.22. The third-order valence-corrected chi connectivity index (χ3v) is 3.22. The van der Waals surface area contributed by atoms with Gasteiger partial charge in [-0.2, -0.15) is 0 Å². The van der Waals surface area contributed by atoms with Crippen LogP contribution in [0.2, 0.25) is 0 Å². The summed E-state index contributed by atoms with van der Waals surface area (Å²) in [5, 5.41) is 13.7. The van der Waals surface area contributed by atoms with Crippen LogP contribution < -0.4 is 5.32 Å². The van der Waals surface area contributed by atoms with Crippen molar-refractivity contribution in [3.8, 4) is 0 Å². The van der Waals surface area contributed by atoms with E-state index in [9.17, 15) is 5.11 Å². The maximum Gasteiger partial charge on any atom is 0.106 e. The van der Waals surface area contributed by atoms with Crippen LogP contribution in [0.4, 0.5) is 0 Å². The van der Waals surface area contributed by atoms with Gasteiger partial charge in [0.1, 0.15) is 5.60 Å². The van der Waals surface area contributed by atoms with Crippen molar-refractivity contribution in [2.75, 3.05) is 6.54 Å². The van der Waals surface area contributed by atoms with Gasteiger partial charge in [-0.3, -0.25) is 0 Å². The second-order valence-electron chi connectivity index (χ2n) is 4.22. The Morgan fingerprint density at radius 1 is 1.33 bits per heavy atom. The van der Waals surface area contributed by atoms with Crippen molar-refractivity contribution in [2.45, 2.75) is 31.9 Å². The molecule has 2 rings (SSSR count). The summed E-state index contributed by atoms with van der Waals surface area (Å²) >= 11 is 0. The van der Waals surface area contributed by atoms with Crippen molar-refractivity contribution in [2.24, 2.45) is 0 Å². The Morgan fingerprint density at radius 2 is 1.93 bits per heavy atom. The molecule has 1 aromatic rings. The van der Waals surface area contributed by atoms with Crippen LogP contribution in [-0.4, -0.2) is 17.7 Å². The van der Waals surface area contributed by atoms with E-state index in [4.69, 9.17) is 0 Å². The van der Waals surface area contributed by atoms with E-state index in [-0.39, 0.29) is 18.4 Å². The first-order valence-corrected chi connectivity index (χ1v) is 5.16. The second kappa shape index (κ2) is 4.52. The summed E-state index contributed by atoms with van der Waals surface area (Å²) < 4.78 is 0. The lowest BCUT2D eigenvalue weighted by Crippen LogP contribution is -2.37. The zero-order valence-electron chi connectivity index (χ0n) is 9.16. The van der Waals surface area contributed by atoms with Gasteiger partial charge >= 0.3 is 0 Å². The van der Waals surface area contributed by atoms with Gasteiger partial charge in [-0.25, -0.2) is 0 Å². The lowest BCUT2D eigenvalue weighted by Gasteiger charge is -2.27. The molecule has 1 saturated heterocycles. The molecule has 1 aliphatic heterocycles. The maximum atomic E-state index is 10.5. The van der Waals surface area contributed by atoms with E-state index in [1.807, 2.05) is 19.1 Å². The summed E-state index contributed by atoms with van der Waals surface area (Å²) in [4.78, 5) is 0. The summed E-state index contributed by atoms with van der Waals surface area (Å²) in [6, 6.07) is 8.30. The summed E-state index contributed by atoms with van der Waals surface area (Å²) in [5.74, 6) is 0. The fourth-order valence-corrected chi connectivity index (χ4v) is 2.10. The number of halogens is 1. The quantitative estimate of drug-likeness (QED) is 0.769. The highest BCUT2D eigenvalue weighted by atomic mass is 35.5. The summed E-state index contributed by atoms with van der Waals surface area (Å²) in [7, 11) is 0. The minimum Gasteiger partial charge on any atom is -0.383 e. The number of aliphatic hydroxyl groups is 1. The Bertz CT molecular complexity index is 325. The van der Waals surface area contributed by atoms with Crippen LogP contribution in [0.1, 0.15) is 24.5 Å². The third kappa shape index (κ3) is 2.17. The monoisotopic (exact) mass is 227 g/mol. The van der Waals surface area contributed by atoms with E-state index in [0.717, 1.165) is 18.5 Å². The van der Waals surface area contributed by atoms with Crippen molar-refractivity contribution >= 4 is 12.4 Å².